The van der Waals surface area contributed by atoms with Crippen molar-refractivity contribution in [3.05, 3.63) is 48.4 Å². The molecule has 5 rings (SSSR count). The molecule has 166 valence electrons. The summed E-state index contributed by atoms with van der Waals surface area (Å²) < 4.78 is 7.11. The van der Waals surface area contributed by atoms with Crippen LogP contribution in [-0.2, 0) is 0 Å². The molecule has 4 heterocycles. The number of nitrogens with zero attached hydrogens (tertiary/aromatic N) is 8. The number of aromatic hydroxyl groups is 1. The number of nitriles is 1. The summed E-state index contributed by atoms with van der Waals surface area (Å²) >= 11 is 0. The van der Waals surface area contributed by atoms with Gasteiger partial charge in [0.2, 0.25) is 11.8 Å². The number of ether oxygens (including phenoxy) is 1. The van der Waals surface area contributed by atoms with Crippen molar-refractivity contribution in [3.8, 4) is 23.4 Å². The molecule has 1 aliphatic rings. The van der Waals surface area contributed by atoms with E-state index < -0.39 is 0 Å². The summed E-state index contributed by atoms with van der Waals surface area (Å²) in [5.74, 6) is 1.35. The van der Waals surface area contributed by atoms with Gasteiger partial charge in [-0.2, -0.15) is 15.2 Å². The van der Waals surface area contributed by atoms with Crippen LogP contribution in [0.15, 0.2) is 42.7 Å². The lowest BCUT2D eigenvalue weighted by molar-refractivity contribution is 0.395. The van der Waals surface area contributed by atoms with Gasteiger partial charge in [0.05, 0.1) is 7.11 Å². The third-order valence-electron chi connectivity index (χ3n) is 5.60. The number of nitrogens with two attached hydrogens (primary N) is 1. The Kier molecular flexibility index (Phi) is 5.02. The van der Waals surface area contributed by atoms with Crippen molar-refractivity contribution in [2.45, 2.75) is 0 Å². The lowest BCUT2D eigenvalue weighted by Gasteiger charge is -2.36. The van der Waals surface area contributed by atoms with E-state index in [9.17, 15) is 5.11 Å². The topological polar surface area (TPSA) is 142 Å². The monoisotopic (exact) mass is 443 g/mol. The van der Waals surface area contributed by atoms with Gasteiger partial charge < -0.3 is 25.4 Å². The second-order valence-corrected chi connectivity index (χ2v) is 7.52. The van der Waals surface area contributed by atoms with E-state index in [1.165, 1.54) is 7.11 Å². The van der Waals surface area contributed by atoms with E-state index in [4.69, 9.17) is 20.7 Å². The van der Waals surface area contributed by atoms with Crippen LogP contribution in [0.5, 0.6) is 11.6 Å². The van der Waals surface area contributed by atoms with Crippen molar-refractivity contribution in [2.24, 2.45) is 0 Å². The minimum atomic E-state index is 0.250. The number of aromatic nitrogens is 5. The fourth-order valence-corrected chi connectivity index (χ4v) is 3.88. The molecule has 1 aromatic carbocycles. The number of rotatable bonds is 4. The Morgan fingerprint density at radius 3 is 2.42 bits per heavy atom. The van der Waals surface area contributed by atoms with Gasteiger partial charge in [0, 0.05) is 31.9 Å². The summed E-state index contributed by atoms with van der Waals surface area (Å²) in [5.41, 5.74) is 9.14. The summed E-state index contributed by atoms with van der Waals surface area (Å²) in [6, 6.07) is 12.5. The molecule has 11 heteroatoms. The minimum Gasteiger partial charge on any atom is -0.508 e. The average molecular weight is 443 g/mol. The van der Waals surface area contributed by atoms with Crippen LogP contribution in [-0.4, -0.2) is 62.9 Å². The first-order valence-corrected chi connectivity index (χ1v) is 10.3. The highest BCUT2D eigenvalue weighted by atomic mass is 16.5. The molecule has 1 saturated heterocycles. The van der Waals surface area contributed by atoms with Gasteiger partial charge in [-0.15, -0.1) is 0 Å². The SMILES string of the molecule is COc1nc(C#N)ccc1-n1cnc2c(N)nc(N3CCN(c4ccc(O)cc4)CC3)nc21. The van der Waals surface area contributed by atoms with Crippen LogP contribution in [0.3, 0.4) is 0 Å². The van der Waals surface area contributed by atoms with Crippen molar-refractivity contribution in [3.63, 3.8) is 0 Å². The molecule has 0 atom stereocenters. The van der Waals surface area contributed by atoms with Crippen molar-refractivity contribution in [1.82, 2.24) is 24.5 Å². The van der Waals surface area contributed by atoms with Crippen LogP contribution in [0.4, 0.5) is 17.5 Å². The number of hydrogen-bond donors (Lipinski definition) is 2. The molecule has 0 bridgehead atoms. The summed E-state index contributed by atoms with van der Waals surface area (Å²) in [7, 11) is 1.49. The molecule has 0 amide bonds. The fourth-order valence-electron chi connectivity index (χ4n) is 3.88. The fraction of sp³-hybridized carbons (Fsp3) is 0.227. The lowest BCUT2D eigenvalue weighted by atomic mass is 10.2. The van der Waals surface area contributed by atoms with E-state index in [1.54, 1.807) is 35.2 Å². The molecule has 1 fully saturated rings. The van der Waals surface area contributed by atoms with Gasteiger partial charge in [-0.05, 0) is 36.4 Å². The maximum Gasteiger partial charge on any atom is 0.239 e. The average Bonchev–Trinajstić information content (AvgIpc) is 3.28. The third-order valence-corrected chi connectivity index (χ3v) is 5.60. The molecular formula is C22H21N9O2. The molecule has 0 radical (unpaired) electrons. The zero-order valence-electron chi connectivity index (χ0n) is 17.9. The van der Waals surface area contributed by atoms with Gasteiger partial charge in [-0.3, -0.25) is 4.57 Å². The quantitative estimate of drug-likeness (QED) is 0.478. The molecule has 1 aliphatic heterocycles. The number of benzene rings is 1. The van der Waals surface area contributed by atoms with Gasteiger partial charge in [-0.25, -0.2) is 9.97 Å². The number of phenolic OH excluding ortho intramolecular Hbond substituents is 1. The predicted octanol–water partition coefficient (Wildman–Crippen LogP) is 1.71. The first-order chi connectivity index (χ1) is 16.1. The minimum absolute atomic E-state index is 0.250. The Hall–Kier alpha value is -4.59. The van der Waals surface area contributed by atoms with E-state index in [0.29, 0.717) is 35.9 Å². The molecule has 0 aliphatic carbocycles. The van der Waals surface area contributed by atoms with Crippen LogP contribution in [0.1, 0.15) is 5.69 Å². The van der Waals surface area contributed by atoms with Crippen LogP contribution >= 0.6 is 0 Å². The maximum atomic E-state index is 9.52. The number of pyridine rings is 1. The molecule has 4 aromatic rings. The third kappa shape index (κ3) is 3.67. The predicted molar refractivity (Wildman–Crippen MR) is 123 cm³/mol. The highest BCUT2D eigenvalue weighted by molar-refractivity contribution is 5.84. The van der Waals surface area contributed by atoms with E-state index in [-0.39, 0.29) is 23.1 Å². The van der Waals surface area contributed by atoms with Gasteiger partial charge in [0.25, 0.3) is 0 Å². The molecule has 33 heavy (non-hydrogen) atoms. The summed E-state index contributed by atoms with van der Waals surface area (Å²) in [4.78, 5) is 22.2. The number of piperazine rings is 1. The number of hydrogen-bond acceptors (Lipinski definition) is 10. The number of fused-ring (bicyclic) bond motifs is 1. The Morgan fingerprint density at radius 1 is 1.00 bits per heavy atom. The zero-order valence-corrected chi connectivity index (χ0v) is 17.9. The largest absolute Gasteiger partial charge is 0.508 e. The van der Waals surface area contributed by atoms with Crippen LogP contribution < -0.4 is 20.3 Å². The molecule has 3 aromatic heterocycles. The normalized spacial score (nSPS) is 13.8. The molecular weight excluding hydrogens is 422 g/mol. The number of anilines is 3. The Labute approximate surface area is 189 Å². The second kappa shape index (κ2) is 8.16. The molecule has 0 spiro atoms. The first-order valence-electron chi connectivity index (χ1n) is 10.3. The highest BCUT2D eigenvalue weighted by Crippen LogP contribution is 2.28. The Balaban J connectivity index is 1.45. The van der Waals surface area contributed by atoms with Gasteiger partial charge >= 0.3 is 0 Å². The molecule has 11 nitrogen and oxygen atoms in total. The standard InChI is InChI=1S/C22H21N9O2/c1-33-21-17(7-2-14(12-23)26-21)31-13-25-18-19(24)27-22(28-20(18)31)30-10-8-29(9-11-30)15-3-5-16(32)6-4-15/h2-7,13,32H,8-11H2,1H3,(H2,24,27,28). The van der Waals surface area contributed by atoms with E-state index in [0.717, 1.165) is 18.8 Å². The van der Waals surface area contributed by atoms with Crippen LogP contribution in [0.25, 0.3) is 16.9 Å². The first kappa shape index (κ1) is 20.3. The Bertz CT molecular complexity index is 1350. The summed E-state index contributed by atoms with van der Waals surface area (Å²) in [6.45, 7) is 2.97. The lowest BCUT2D eigenvalue weighted by Crippen LogP contribution is -2.47. The van der Waals surface area contributed by atoms with Crippen molar-refractivity contribution in [1.29, 1.82) is 5.26 Å². The van der Waals surface area contributed by atoms with Gasteiger partial charge in [0.1, 0.15) is 29.5 Å². The Morgan fingerprint density at radius 2 is 1.73 bits per heavy atom. The number of nitrogen functional groups attached to an aromatic ring is 1. The van der Waals surface area contributed by atoms with Crippen molar-refractivity contribution < 1.29 is 9.84 Å². The van der Waals surface area contributed by atoms with Crippen LogP contribution in [0, 0.1) is 11.3 Å². The van der Waals surface area contributed by atoms with Gasteiger partial charge in [-0.1, -0.05) is 0 Å². The van der Waals surface area contributed by atoms with Gasteiger partial charge in [0.15, 0.2) is 17.0 Å². The molecule has 0 saturated carbocycles. The smallest absolute Gasteiger partial charge is 0.239 e. The highest BCUT2D eigenvalue weighted by Gasteiger charge is 2.22. The molecule has 3 N–H and O–H groups in total. The zero-order chi connectivity index (χ0) is 22.9. The van der Waals surface area contributed by atoms with E-state index in [1.807, 2.05) is 18.2 Å². The number of methoxy groups -OCH3 is 1. The number of phenols is 1. The number of imidazole rings is 1. The van der Waals surface area contributed by atoms with Crippen LogP contribution in [0.2, 0.25) is 0 Å². The van der Waals surface area contributed by atoms with E-state index >= 15 is 0 Å². The van der Waals surface area contributed by atoms with Crippen molar-refractivity contribution in [2.75, 3.05) is 48.8 Å². The van der Waals surface area contributed by atoms with E-state index in [2.05, 4.69) is 24.8 Å². The summed E-state index contributed by atoms with van der Waals surface area (Å²) in [5, 5.41) is 18.6. The molecule has 0 unspecified atom stereocenters. The second-order valence-electron chi connectivity index (χ2n) is 7.52. The summed E-state index contributed by atoms with van der Waals surface area (Å²) in [6.07, 6.45) is 1.59. The maximum absolute atomic E-state index is 9.52. The van der Waals surface area contributed by atoms with Crippen molar-refractivity contribution >= 4 is 28.6 Å².